The lowest BCUT2D eigenvalue weighted by atomic mass is 9.97. The van der Waals surface area contributed by atoms with Crippen LogP contribution in [0.15, 0.2) is 18.2 Å². The van der Waals surface area contributed by atoms with Crippen molar-refractivity contribution in [2.24, 2.45) is 0 Å². The first-order valence-electron chi connectivity index (χ1n) is 8.18. The van der Waals surface area contributed by atoms with Gasteiger partial charge in [-0.05, 0) is 43.4 Å². The van der Waals surface area contributed by atoms with Crippen LogP contribution in [0, 0.1) is 11.3 Å². The van der Waals surface area contributed by atoms with Gasteiger partial charge in [0.25, 0.3) is 0 Å². The third-order valence-electron chi connectivity index (χ3n) is 4.30. The smallest absolute Gasteiger partial charge is 0.101 e. The topological polar surface area (TPSA) is 39.1 Å². The quantitative estimate of drug-likeness (QED) is 0.893. The summed E-state index contributed by atoms with van der Waals surface area (Å²) in [7, 11) is 0. The number of nitrogens with zero attached hydrogens (tertiary/aromatic N) is 2. The van der Waals surface area contributed by atoms with Crippen molar-refractivity contribution >= 4 is 5.69 Å². The van der Waals surface area contributed by atoms with E-state index in [1.54, 1.807) is 0 Å². The lowest BCUT2D eigenvalue weighted by molar-refractivity contribution is 0.449. The SMILES string of the molecule is CCC1CCCCN1c1ccc(CNC(C)C)cc1C#N. The number of benzene rings is 1. The van der Waals surface area contributed by atoms with E-state index in [0.717, 1.165) is 30.8 Å². The molecule has 0 aliphatic carbocycles. The highest BCUT2D eigenvalue weighted by Gasteiger charge is 2.23. The van der Waals surface area contributed by atoms with E-state index in [4.69, 9.17) is 0 Å². The number of nitrogens with one attached hydrogen (secondary N) is 1. The first-order valence-corrected chi connectivity index (χ1v) is 8.18. The highest BCUT2D eigenvalue weighted by Crippen LogP contribution is 2.29. The Morgan fingerprint density at radius 3 is 2.86 bits per heavy atom. The second-order valence-corrected chi connectivity index (χ2v) is 6.25. The Hall–Kier alpha value is -1.53. The van der Waals surface area contributed by atoms with Gasteiger partial charge in [0.05, 0.1) is 11.3 Å². The standard InChI is InChI=1S/C18H27N3/c1-4-17-7-5-6-10-21(17)18-9-8-15(11-16(18)12-19)13-20-14(2)3/h8-9,11,14,17,20H,4-7,10,13H2,1-3H3. The van der Waals surface area contributed by atoms with E-state index < -0.39 is 0 Å². The van der Waals surface area contributed by atoms with Gasteiger partial charge >= 0.3 is 0 Å². The second-order valence-electron chi connectivity index (χ2n) is 6.25. The molecule has 2 rings (SSSR count). The molecule has 1 atom stereocenters. The number of anilines is 1. The molecule has 1 fully saturated rings. The molecule has 21 heavy (non-hydrogen) atoms. The van der Waals surface area contributed by atoms with Crippen molar-refractivity contribution in [2.45, 2.75) is 65.1 Å². The third-order valence-corrected chi connectivity index (χ3v) is 4.30. The molecular formula is C18H27N3. The fourth-order valence-electron chi connectivity index (χ4n) is 3.10. The second kappa shape index (κ2) is 7.47. The molecule has 1 saturated heterocycles. The van der Waals surface area contributed by atoms with Crippen molar-refractivity contribution in [2.75, 3.05) is 11.4 Å². The molecule has 0 spiro atoms. The van der Waals surface area contributed by atoms with Gasteiger partial charge < -0.3 is 10.2 Å². The maximum Gasteiger partial charge on any atom is 0.101 e. The minimum absolute atomic E-state index is 0.460. The predicted molar refractivity (Wildman–Crippen MR) is 88.4 cm³/mol. The van der Waals surface area contributed by atoms with E-state index in [2.05, 4.69) is 49.2 Å². The molecule has 1 unspecified atom stereocenters. The van der Waals surface area contributed by atoms with Crippen LogP contribution >= 0.6 is 0 Å². The zero-order chi connectivity index (χ0) is 15.2. The van der Waals surface area contributed by atoms with Gasteiger partial charge in [-0.2, -0.15) is 5.26 Å². The van der Waals surface area contributed by atoms with Gasteiger partial charge in [-0.15, -0.1) is 0 Å². The molecule has 0 aromatic heterocycles. The number of hydrogen-bond donors (Lipinski definition) is 1. The zero-order valence-corrected chi connectivity index (χ0v) is 13.5. The van der Waals surface area contributed by atoms with Gasteiger partial charge in [0, 0.05) is 25.2 Å². The molecule has 0 amide bonds. The van der Waals surface area contributed by atoms with Crippen LogP contribution in [0.2, 0.25) is 0 Å². The summed E-state index contributed by atoms with van der Waals surface area (Å²) in [6.07, 6.45) is 4.95. The lowest BCUT2D eigenvalue weighted by Gasteiger charge is -2.37. The van der Waals surface area contributed by atoms with Crippen LogP contribution in [-0.2, 0) is 6.54 Å². The molecular weight excluding hydrogens is 258 g/mol. The average molecular weight is 285 g/mol. The van der Waals surface area contributed by atoms with E-state index in [0.29, 0.717) is 12.1 Å². The van der Waals surface area contributed by atoms with Gasteiger partial charge in [0.1, 0.15) is 6.07 Å². The average Bonchev–Trinajstić information content (AvgIpc) is 2.52. The molecule has 0 bridgehead atoms. The van der Waals surface area contributed by atoms with Crippen molar-refractivity contribution in [1.82, 2.24) is 5.32 Å². The van der Waals surface area contributed by atoms with Crippen molar-refractivity contribution in [1.29, 1.82) is 5.26 Å². The molecule has 114 valence electrons. The van der Waals surface area contributed by atoms with Crippen LogP contribution in [0.4, 0.5) is 5.69 Å². The van der Waals surface area contributed by atoms with Crippen LogP contribution in [0.25, 0.3) is 0 Å². The highest BCUT2D eigenvalue weighted by atomic mass is 15.2. The fraction of sp³-hybridized carbons (Fsp3) is 0.611. The molecule has 3 nitrogen and oxygen atoms in total. The van der Waals surface area contributed by atoms with Gasteiger partial charge in [0.15, 0.2) is 0 Å². The summed E-state index contributed by atoms with van der Waals surface area (Å²) in [5.74, 6) is 0. The van der Waals surface area contributed by atoms with Gasteiger partial charge in [-0.3, -0.25) is 0 Å². The summed E-state index contributed by atoms with van der Waals surface area (Å²) in [5.41, 5.74) is 3.13. The molecule has 1 aliphatic rings. The van der Waals surface area contributed by atoms with Crippen molar-refractivity contribution < 1.29 is 0 Å². The Morgan fingerprint density at radius 2 is 2.19 bits per heavy atom. The summed E-state index contributed by atoms with van der Waals surface area (Å²) in [4.78, 5) is 2.45. The molecule has 1 aliphatic heterocycles. The Bertz CT molecular complexity index is 502. The molecule has 0 radical (unpaired) electrons. The highest BCUT2D eigenvalue weighted by molar-refractivity contribution is 5.61. The van der Waals surface area contributed by atoms with E-state index in [1.807, 2.05) is 6.07 Å². The fourth-order valence-corrected chi connectivity index (χ4v) is 3.10. The summed E-state index contributed by atoms with van der Waals surface area (Å²) in [6.45, 7) is 8.43. The van der Waals surface area contributed by atoms with Crippen LogP contribution in [-0.4, -0.2) is 18.6 Å². The lowest BCUT2D eigenvalue weighted by Crippen LogP contribution is -2.39. The van der Waals surface area contributed by atoms with Gasteiger partial charge in [-0.25, -0.2) is 0 Å². The maximum absolute atomic E-state index is 9.51. The Morgan fingerprint density at radius 1 is 1.38 bits per heavy atom. The zero-order valence-electron chi connectivity index (χ0n) is 13.5. The van der Waals surface area contributed by atoms with Crippen molar-refractivity contribution in [3.8, 4) is 6.07 Å². The normalized spacial score (nSPS) is 18.8. The van der Waals surface area contributed by atoms with E-state index >= 15 is 0 Å². The largest absolute Gasteiger partial charge is 0.367 e. The number of nitriles is 1. The van der Waals surface area contributed by atoms with Crippen LogP contribution in [0.5, 0.6) is 0 Å². The van der Waals surface area contributed by atoms with E-state index in [9.17, 15) is 5.26 Å². The van der Waals surface area contributed by atoms with Crippen molar-refractivity contribution in [3.05, 3.63) is 29.3 Å². The van der Waals surface area contributed by atoms with Crippen LogP contribution in [0.1, 0.15) is 57.6 Å². The molecule has 3 heteroatoms. The Balaban J connectivity index is 2.21. The van der Waals surface area contributed by atoms with E-state index in [1.165, 1.54) is 24.8 Å². The Kier molecular flexibility index (Phi) is 5.64. The summed E-state index contributed by atoms with van der Waals surface area (Å²) < 4.78 is 0. The van der Waals surface area contributed by atoms with Crippen LogP contribution < -0.4 is 10.2 Å². The summed E-state index contributed by atoms with van der Waals surface area (Å²) in [6, 6.07) is 9.79. The Labute approximate surface area is 129 Å². The molecule has 1 aromatic rings. The predicted octanol–water partition coefficient (Wildman–Crippen LogP) is 3.83. The monoisotopic (exact) mass is 285 g/mol. The first-order chi connectivity index (χ1) is 10.2. The molecule has 1 N–H and O–H groups in total. The minimum Gasteiger partial charge on any atom is -0.367 e. The number of rotatable bonds is 5. The van der Waals surface area contributed by atoms with Crippen LogP contribution in [0.3, 0.4) is 0 Å². The maximum atomic E-state index is 9.51. The number of hydrogen-bond acceptors (Lipinski definition) is 3. The summed E-state index contributed by atoms with van der Waals surface area (Å²) in [5, 5.41) is 12.9. The van der Waals surface area contributed by atoms with Gasteiger partial charge in [0.2, 0.25) is 0 Å². The molecule has 1 heterocycles. The van der Waals surface area contributed by atoms with E-state index in [-0.39, 0.29) is 0 Å². The summed E-state index contributed by atoms with van der Waals surface area (Å²) >= 11 is 0. The van der Waals surface area contributed by atoms with Crippen molar-refractivity contribution in [3.63, 3.8) is 0 Å². The third kappa shape index (κ3) is 3.98. The number of piperidine rings is 1. The molecule has 1 aromatic carbocycles. The molecule has 0 saturated carbocycles. The minimum atomic E-state index is 0.460. The first kappa shape index (κ1) is 15.9. The van der Waals surface area contributed by atoms with Gasteiger partial charge in [-0.1, -0.05) is 26.8 Å².